The molecule has 2 aromatic carbocycles. The zero-order valence-corrected chi connectivity index (χ0v) is 18.0. The number of aromatic nitrogens is 1. The van der Waals surface area contributed by atoms with Gasteiger partial charge in [-0.2, -0.15) is 0 Å². The Morgan fingerprint density at radius 2 is 1.87 bits per heavy atom. The Balaban J connectivity index is 1.43. The number of rotatable bonds is 7. The second kappa shape index (κ2) is 9.76. The van der Waals surface area contributed by atoms with Gasteiger partial charge in [0.1, 0.15) is 23.6 Å². The number of para-hydroxylation sites is 2. The van der Waals surface area contributed by atoms with Crippen LogP contribution in [0.4, 0.5) is 5.69 Å². The summed E-state index contributed by atoms with van der Waals surface area (Å²) in [5.41, 5.74) is 1.88. The van der Waals surface area contributed by atoms with Crippen LogP contribution in [0.2, 0.25) is 0 Å². The Labute approximate surface area is 182 Å². The SMILES string of the molecule is COc1cc(C(=O)Nc2ccccc2OCCN2CCN(C)CC2)cc2cccnc12. The fraction of sp³-hybridized carbons (Fsp3) is 0.333. The molecule has 0 atom stereocenters. The van der Waals surface area contributed by atoms with Crippen LogP contribution in [0.1, 0.15) is 10.4 Å². The fourth-order valence-electron chi connectivity index (χ4n) is 3.69. The van der Waals surface area contributed by atoms with E-state index in [-0.39, 0.29) is 5.91 Å². The Morgan fingerprint density at radius 1 is 1.06 bits per heavy atom. The minimum Gasteiger partial charge on any atom is -0.494 e. The monoisotopic (exact) mass is 420 g/mol. The second-order valence-electron chi connectivity index (χ2n) is 7.70. The van der Waals surface area contributed by atoms with Crippen LogP contribution in [0.5, 0.6) is 11.5 Å². The number of fused-ring (bicyclic) bond motifs is 1. The normalized spacial score (nSPS) is 15.0. The van der Waals surface area contributed by atoms with Crippen molar-refractivity contribution in [2.45, 2.75) is 0 Å². The largest absolute Gasteiger partial charge is 0.494 e. The number of carbonyl (C=O) groups excluding carboxylic acids is 1. The number of benzene rings is 2. The van der Waals surface area contributed by atoms with Crippen LogP contribution in [0, 0.1) is 0 Å². The molecular weight excluding hydrogens is 392 g/mol. The molecule has 0 aliphatic carbocycles. The molecule has 1 aliphatic heterocycles. The van der Waals surface area contributed by atoms with Gasteiger partial charge >= 0.3 is 0 Å². The van der Waals surface area contributed by atoms with E-state index < -0.39 is 0 Å². The first-order valence-electron chi connectivity index (χ1n) is 10.5. The van der Waals surface area contributed by atoms with E-state index in [4.69, 9.17) is 9.47 Å². The maximum Gasteiger partial charge on any atom is 0.255 e. The van der Waals surface area contributed by atoms with Crippen LogP contribution in [-0.4, -0.2) is 74.2 Å². The lowest BCUT2D eigenvalue weighted by Crippen LogP contribution is -2.45. The van der Waals surface area contributed by atoms with Crippen molar-refractivity contribution in [1.82, 2.24) is 14.8 Å². The summed E-state index contributed by atoms with van der Waals surface area (Å²) in [6.45, 7) is 5.71. The Hall–Kier alpha value is -3.16. The number of piperazine rings is 1. The van der Waals surface area contributed by atoms with E-state index in [9.17, 15) is 4.79 Å². The number of nitrogens with one attached hydrogen (secondary N) is 1. The first-order valence-corrected chi connectivity index (χ1v) is 10.5. The van der Waals surface area contributed by atoms with Gasteiger partial charge in [-0.05, 0) is 37.4 Å². The summed E-state index contributed by atoms with van der Waals surface area (Å²) in [6, 6.07) is 14.8. The second-order valence-corrected chi connectivity index (χ2v) is 7.70. The number of hydrogen-bond donors (Lipinski definition) is 1. The zero-order valence-electron chi connectivity index (χ0n) is 18.0. The summed E-state index contributed by atoms with van der Waals surface area (Å²) in [7, 11) is 3.73. The van der Waals surface area contributed by atoms with Gasteiger partial charge in [-0.25, -0.2) is 0 Å². The van der Waals surface area contributed by atoms with E-state index in [1.54, 1.807) is 19.4 Å². The van der Waals surface area contributed by atoms with Gasteiger partial charge in [0.15, 0.2) is 0 Å². The van der Waals surface area contributed by atoms with Gasteiger partial charge in [-0.3, -0.25) is 14.7 Å². The summed E-state index contributed by atoms with van der Waals surface area (Å²) in [5, 5.41) is 3.83. The molecule has 3 aromatic rings. The molecule has 1 aliphatic rings. The van der Waals surface area contributed by atoms with Crippen molar-refractivity contribution in [1.29, 1.82) is 0 Å². The Bertz CT molecular complexity index is 1050. The van der Waals surface area contributed by atoms with Crippen LogP contribution < -0.4 is 14.8 Å². The van der Waals surface area contributed by atoms with Crippen LogP contribution in [0.3, 0.4) is 0 Å². The van der Waals surface area contributed by atoms with Crippen molar-refractivity contribution in [3.63, 3.8) is 0 Å². The van der Waals surface area contributed by atoms with Crippen molar-refractivity contribution < 1.29 is 14.3 Å². The highest BCUT2D eigenvalue weighted by Gasteiger charge is 2.15. The van der Waals surface area contributed by atoms with Gasteiger partial charge in [-0.15, -0.1) is 0 Å². The van der Waals surface area contributed by atoms with Crippen molar-refractivity contribution >= 4 is 22.5 Å². The summed E-state index contributed by atoms with van der Waals surface area (Å²) >= 11 is 0. The molecule has 31 heavy (non-hydrogen) atoms. The van der Waals surface area contributed by atoms with Crippen LogP contribution >= 0.6 is 0 Å². The molecule has 0 bridgehead atoms. The smallest absolute Gasteiger partial charge is 0.255 e. The quantitative estimate of drug-likeness (QED) is 0.634. The number of pyridine rings is 1. The van der Waals surface area contributed by atoms with Crippen LogP contribution in [0.25, 0.3) is 10.9 Å². The predicted octanol–water partition coefficient (Wildman–Crippen LogP) is 3.12. The van der Waals surface area contributed by atoms with E-state index in [0.29, 0.717) is 29.4 Å². The van der Waals surface area contributed by atoms with Gasteiger partial charge in [0.05, 0.1) is 12.8 Å². The third-order valence-corrected chi connectivity index (χ3v) is 5.55. The number of carbonyl (C=O) groups is 1. The van der Waals surface area contributed by atoms with Crippen molar-refractivity contribution in [3.05, 3.63) is 60.3 Å². The highest BCUT2D eigenvalue weighted by atomic mass is 16.5. The maximum atomic E-state index is 13.0. The number of likely N-dealkylation sites (N-methyl/N-ethyl adjacent to an activating group) is 1. The molecule has 1 saturated heterocycles. The number of ether oxygens (including phenoxy) is 2. The van der Waals surface area contributed by atoms with Crippen molar-refractivity contribution in [3.8, 4) is 11.5 Å². The molecule has 4 rings (SSSR count). The lowest BCUT2D eigenvalue weighted by Gasteiger charge is -2.32. The van der Waals surface area contributed by atoms with Gasteiger partial charge in [0.2, 0.25) is 0 Å². The number of anilines is 1. The third kappa shape index (κ3) is 5.13. The first-order chi connectivity index (χ1) is 15.1. The highest BCUT2D eigenvalue weighted by Crippen LogP contribution is 2.28. The Kier molecular flexibility index (Phi) is 6.64. The zero-order chi connectivity index (χ0) is 21.6. The van der Waals surface area contributed by atoms with E-state index in [2.05, 4.69) is 27.1 Å². The van der Waals surface area contributed by atoms with Crippen molar-refractivity contribution in [2.24, 2.45) is 0 Å². The lowest BCUT2D eigenvalue weighted by atomic mass is 10.1. The third-order valence-electron chi connectivity index (χ3n) is 5.55. The summed E-state index contributed by atoms with van der Waals surface area (Å²) in [6.07, 6.45) is 1.71. The average Bonchev–Trinajstić information content (AvgIpc) is 2.80. The molecule has 1 N–H and O–H groups in total. The highest BCUT2D eigenvalue weighted by molar-refractivity contribution is 6.07. The average molecular weight is 421 g/mol. The molecule has 162 valence electrons. The lowest BCUT2D eigenvalue weighted by molar-refractivity contribution is 0.102. The van der Waals surface area contributed by atoms with Gasteiger partial charge in [0, 0.05) is 49.9 Å². The topological polar surface area (TPSA) is 66.9 Å². The van der Waals surface area contributed by atoms with E-state index >= 15 is 0 Å². The van der Waals surface area contributed by atoms with Gasteiger partial charge in [-0.1, -0.05) is 18.2 Å². The van der Waals surface area contributed by atoms with Gasteiger partial charge in [0.25, 0.3) is 5.91 Å². The molecule has 0 radical (unpaired) electrons. The minimum absolute atomic E-state index is 0.223. The fourth-order valence-corrected chi connectivity index (χ4v) is 3.69. The van der Waals surface area contributed by atoms with Crippen LogP contribution in [0.15, 0.2) is 54.7 Å². The molecule has 0 saturated carbocycles. The molecule has 1 aromatic heterocycles. The predicted molar refractivity (Wildman–Crippen MR) is 122 cm³/mol. The summed E-state index contributed by atoms with van der Waals surface area (Å²) in [4.78, 5) is 22.1. The molecule has 7 heteroatoms. The minimum atomic E-state index is -0.223. The molecule has 1 amide bonds. The molecule has 1 fully saturated rings. The molecule has 2 heterocycles. The van der Waals surface area contributed by atoms with Crippen molar-refractivity contribution in [2.75, 3.05) is 58.8 Å². The summed E-state index contributed by atoms with van der Waals surface area (Å²) in [5.74, 6) is 1.01. The number of methoxy groups -OCH3 is 1. The first kappa shape index (κ1) is 21.1. The number of nitrogens with zero attached hydrogens (tertiary/aromatic N) is 3. The molecular formula is C24H28N4O3. The van der Waals surface area contributed by atoms with Crippen LogP contribution in [-0.2, 0) is 0 Å². The summed E-state index contributed by atoms with van der Waals surface area (Å²) < 4.78 is 11.4. The van der Waals surface area contributed by atoms with E-state index in [0.717, 1.165) is 43.6 Å². The standard InChI is InChI=1S/C24H28N4O3/c1-27-10-12-28(13-11-27)14-15-31-21-8-4-3-7-20(21)26-24(29)19-16-18-6-5-9-25-23(18)22(17-19)30-2/h3-9,16-17H,10-15H2,1-2H3,(H,26,29). The number of amides is 1. The van der Waals surface area contributed by atoms with E-state index in [1.165, 1.54) is 0 Å². The molecule has 0 spiro atoms. The number of hydrogen-bond acceptors (Lipinski definition) is 6. The molecule has 7 nitrogen and oxygen atoms in total. The molecule has 0 unspecified atom stereocenters. The van der Waals surface area contributed by atoms with E-state index in [1.807, 2.05) is 42.5 Å². The maximum absolute atomic E-state index is 13.0. The van der Waals surface area contributed by atoms with Gasteiger partial charge < -0.3 is 19.7 Å². The Morgan fingerprint density at radius 3 is 2.68 bits per heavy atom.